The minimum atomic E-state index is -1.48. The van der Waals surface area contributed by atoms with Gasteiger partial charge in [0.05, 0.1) is 18.7 Å². The number of nitrogens with zero attached hydrogens (tertiary/aromatic N) is 1. The average Bonchev–Trinajstić information content (AvgIpc) is 2.44. The topological polar surface area (TPSA) is 129 Å². The molecule has 114 valence electrons. The van der Waals surface area contributed by atoms with Crippen molar-refractivity contribution < 1.29 is 24.6 Å². The smallest absolute Gasteiger partial charge is 0.326 e. The van der Waals surface area contributed by atoms with Crippen molar-refractivity contribution in [2.75, 3.05) is 0 Å². The van der Waals surface area contributed by atoms with E-state index in [1.54, 1.807) is 12.3 Å². The lowest BCUT2D eigenvalue weighted by molar-refractivity contribution is -0.145. The van der Waals surface area contributed by atoms with Gasteiger partial charge in [-0.15, -0.1) is 0 Å². The summed E-state index contributed by atoms with van der Waals surface area (Å²) in [4.78, 5) is 37.1. The van der Waals surface area contributed by atoms with Gasteiger partial charge >= 0.3 is 18.0 Å². The van der Waals surface area contributed by atoms with Gasteiger partial charge in [-0.1, -0.05) is 13.0 Å². The summed E-state index contributed by atoms with van der Waals surface area (Å²) in [5.74, 6) is -2.71. The summed E-state index contributed by atoms with van der Waals surface area (Å²) < 4.78 is 0. The third kappa shape index (κ3) is 5.47. The normalized spacial score (nSPS) is 11.5. The number of hydrogen-bond acceptors (Lipinski definition) is 4. The van der Waals surface area contributed by atoms with Crippen molar-refractivity contribution in [1.29, 1.82) is 0 Å². The molecule has 0 aliphatic heterocycles. The van der Waals surface area contributed by atoms with Gasteiger partial charge in [-0.05, 0) is 18.1 Å². The molecule has 0 radical (unpaired) electrons. The maximum Gasteiger partial charge on any atom is 0.326 e. The number of pyridine rings is 1. The summed E-state index contributed by atoms with van der Waals surface area (Å²) >= 11 is 0. The SMILES string of the molecule is CCc1cccnc1CNC(=O)N[C@@H](CC(=O)O)C(=O)O. The molecule has 8 nitrogen and oxygen atoms in total. The Morgan fingerprint density at radius 2 is 2.05 bits per heavy atom. The number of carbonyl (C=O) groups is 3. The predicted octanol–water partition coefficient (Wildman–Crippen LogP) is 0.371. The predicted molar refractivity (Wildman–Crippen MR) is 72.7 cm³/mol. The number of carbonyl (C=O) groups excluding carboxylic acids is 1. The van der Waals surface area contributed by atoms with Crippen LogP contribution in [0.15, 0.2) is 18.3 Å². The number of nitrogens with one attached hydrogen (secondary N) is 2. The lowest BCUT2D eigenvalue weighted by atomic mass is 10.1. The van der Waals surface area contributed by atoms with Crippen LogP contribution in [0.3, 0.4) is 0 Å². The van der Waals surface area contributed by atoms with E-state index in [1.807, 2.05) is 13.0 Å². The molecule has 0 unspecified atom stereocenters. The highest BCUT2D eigenvalue weighted by atomic mass is 16.4. The number of urea groups is 1. The standard InChI is InChI=1S/C13H17N3O5/c1-2-8-4-3-5-14-10(8)7-15-13(21)16-9(12(19)20)6-11(17)18/h3-5,9H,2,6-7H2,1H3,(H,17,18)(H,19,20)(H2,15,16,21)/t9-/m0/s1. The second-order valence-electron chi connectivity index (χ2n) is 4.28. The maximum atomic E-state index is 11.6. The number of carboxylic acid groups (broad SMARTS) is 2. The number of aromatic nitrogens is 1. The lowest BCUT2D eigenvalue weighted by Gasteiger charge is -2.13. The Morgan fingerprint density at radius 3 is 2.62 bits per heavy atom. The molecule has 0 aliphatic carbocycles. The van der Waals surface area contributed by atoms with Crippen molar-refractivity contribution in [1.82, 2.24) is 15.6 Å². The summed E-state index contributed by atoms with van der Waals surface area (Å²) in [7, 11) is 0. The van der Waals surface area contributed by atoms with Gasteiger partial charge in [0, 0.05) is 6.20 Å². The highest BCUT2D eigenvalue weighted by Crippen LogP contribution is 2.05. The van der Waals surface area contributed by atoms with Gasteiger partial charge in [-0.25, -0.2) is 9.59 Å². The molecule has 1 atom stereocenters. The van der Waals surface area contributed by atoms with Gasteiger partial charge in [-0.3, -0.25) is 9.78 Å². The van der Waals surface area contributed by atoms with Gasteiger partial charge < -0.3 is 20.8 Å². The van der Waals surface area contributed by atoms with Crippen LogP contribution in [0, 0.1) is 0 Å². The van der Waals surface area contributed by atoms with E-state index in [-0.39, 0.29) is 6.54 Å². The minimum absolute atomic E-state index is 0.134. The fraction of sp³-hybridized carbons (Fsp3) is 0.385. The van der Waals surface area contributed by atoms with Crippen LogP contribution < -0.4 is 10.6 Å². The van der Waals surface area contributed by atoms with E-state index in [0.717, 1.165) is 12.0 Å². The van der Waals surface area contributed by atoms with Crippen LogP contribution in [-0.4, -0.2) is 39.2 Å². The molecule has 21 heavy (non-hydrogen) atoms. The van der Waals surface area contributed by atoms with Gasteiger partial charge in [0.15, 0.2) is 0 Å². The van der Waals surface area contributed by atoms with Gasteiger partial charge in [0.1, 0.15) is 6.04 Å². The van der Waals surface area contributed by atoms with Crippen molar-refractivity contribution >= 4 is 18.0 Å². The third-order valence-corrected chi connectivity index (χ3v) is 2.76. The minimum Gasteiger partial charge on any atom is -0.481 e. The number of hydrogen-bond donors (Lipinski definition) is 4. The molecule has 0 aliphatic rings. The van der Waals surface area contributed by atoms with E-state index in [4.69, 9.17) is 10.2 Å². The number of carboxylic acids is 2. The van der Waals surface area contributed by atoms with Crippen molar-refractivity contribution in [3.05, 3.63) is 29.6 Å². The molecule has 0 aromatic carbocycles. The summed E-state index contributed by atoms with van der Waals surface area (Å²) in [5, 5.41) is 22.0. The second-order valence-corrected chi connectivity index (χ2v) is 4.28. The number of aryl methyl sites for hydroxylation is 1. The van der Waals surface area contributed by atoms with E-state index in [1.165, 1.54) is 0 Å². The first-order chi connectivity index (χ1) is 9.93. The Morgan fingerprint density at radius 1 is 1.33 bits per heavy atom. The fourth-order valence-electron chi connectivity index (χ4n) is 1.70. The first kappa shape index (κ1) is 16.4. The number of aliphatic carboxylic acids is 2. The van der Waals surface area contributed by atoms with Crippen molar-refractivity contribution in [3.8, 4) is 0 Å². The molecular formula is C13H17N3O5. The van der Waals surface area contributed by atoms with Crippen LogP contribution in [0.2, 0.25) is 0 Å². The molecule has 0 saturated heterocycles. The van der Waals surface area contributed by atoms with Crippen LogP contribution in [-0.2, 0) is 22.6 Å². The van der Waals surface area contributed by atoms with Gasteiger partial charge in [0.2, 0.25) is 0 Å². The monoisotopic (exact) mass is 295 g/mol. The first-order valence-electron chi connectivity index (χ1n) is 6.35. The molecule has 1 aromatic rings. The van der Waals surface area contributed by atoms with Crippen molar-refractivity contribution in [2.45, 2.75) is 32.4 Å². The summed E-state index contributed by atoms with van der Waals surface area (Å²) in [6.45, 7) is 2.09. The Labute approximate surface area is 121 Å². The fourth-order valence-corrected chi connectivity index (χ4v) is 1.70. The molecule has 1 rings (SSSR count). The van der Waals surface area contributed by atoms with Crippen LogP contribution in [0.5, 0.6) is 0 Å². The average molecular weight is 295 g/mol. The van der Waals surface area contributed by atoms with Gasteiger partial charge in [0.25, 0.3) is 0 Å². The Kier molecular flexibility index (Phi) is 6.12. The van der Waals surface area contributed by atoms with E-state index in [9.17, 15) is 14.4 Å². The Balaban J connectivity index is 2.56. The van der Waals surface area contributed by atoms with Crippen molar-refractivity contribution in [2.24, 2.45) is 0 Å². The molecule has 1 heterocycles. The molecule has 1 aromatic heterocycles. The zero-order valence-electron chi connectivity index (χ0n) is 11.5. The quantitative estimate of drug-likeness (QED) is 0.575. The second kappa shape index (κ2) is 7.83. The largest absolute Gasteiger partial charge is 0.481 e. The molecule has 8 heteroatoms. The highest BCUT2D eigenvalue weighted by molar-refractivity contribution is 5.86. The molecule has 0 spiro atoms. The zero-order valence-corrected chi connectivity index (χ0v) is 11.5. The highest BCUT2D eigenvalue weighted by Gasteiger charge is 2.22. The van der Waals surface area contributed by atoms with Crippen LogP contribution in [0.25, 0.3) is 0 Å². The Bertz CT molecular complexity index is 532. The molecule has 0 saturated carbocycles. The van der Waals surface area contributed by atoms with Crippen LogP contribution in [0.4, 0.5) is 4.79 Å². The molecule has 2 amide bonds. The van der Waals surface area contributed by atoms with E-state index in [0.29, 0.717) is 5.69 Å². The lowest BCUT2D eigenvalue weighted by Crippen LogP contribution is -2.46. The first-order valence-corrected chi connectivity index (χ1v) is 6.35. The van der Waals surface area contributed by atoms with Gasteiger partial charge in [-0.2, -0.15) is 0 Å². The van der Waals surface area contributed by atoms with Crippen LogP contribution >= 0.6 is 0 Å². The number of amides is 2. The van der Waals surface area contributed by atoms with E-state index < -0.39 is 30.4 Å². The molecule has 0 fully saturated rings. The molecule has 0 bridgehead atoms. The molecule has 4 N–H and O–H groups in total. The number of rotatable bonds is 7. The van der Waals surface area contributed by atoms with E-state index >= 15 is 0 Å². The summed E-state index contributed by atoms with van der Waals surface area (Å²) in [6, 6.07) is 1.44. The zero-order chi connectivity index (χ0) is 15.8. The molecular weight excluding hydrogens is 278 g/mol. The summed E-state index contributed by atoms with van der Waals surface area (Å²) in [5.41, 5.74) is 1.65. The van der Waals surface area contributed by atoms with Crippen molar-refractivity contribution in [3.63, 3.8) is 0 Å². The van der Waals surface area contributed by atoms with Crippen LogP contribution in [0.1, 0.15) is 24.6 Å². The van der Waals surface area contributed by atoms with E-state index in [2.05, 4.69) is 15.6 Å². The third-order valence-electron chi connectivity index (χ3n) is 2.76. The maximum absolute atomic E-state index is 11.6. The summed E-state index contributed by atoms with van der Waals surface area (Å²) in [6.07, 6.45) is 1.66. The Hall–Kier alpha value is -2.64.